The average Bonchev–Trinajstić information content (AvgIpc) is 2.62. The molecule has 5 nitrogen and oxygen atoms in total. The van der Waals surface area contributed by atoms with Crippen LogP contribution in [0.2, 0.25) is 0 Å². The lowest BCUT2D eigenvalue weighted by molar-refractivity contribution is 1.10. The third-order valence-electron chi connectivity index (χ3n) is 2.47. The fraction of sp³-hybridized carbons (Fsp3) is 0. The molecule has 15 heavy (non-hydrogen) atoms. The SMILES string of the molecule is Nc1nnc2c(N)[nH]c3ccccc3c1-2. The lowest BCUT2D eigenvalue weighted by Gasteiger charge is -2.07. The number of fused-ring (bicyclic) bond motifs is 3. The smallest absolute Gasteiger partial charge is 0.156 e. The molecule has 0 spiro atoms. The van der Waals surface area contributed by atoms with E-state index < -0.39 is 0 Å². The molecule has 0 radical (unpaired) electrons. The van der Waals surface area contributed by atoms with Gasteiger partial charge in [-0.25, -0.2) is 0 Å². The van der Waals surface area contributed by atoms with Crippen molar-refractivity contribution < 1.29 is 0 Å². The summed E-state index contributed by atoms with van der Waals surface area (Å²) in [6, 6.07) is 7.78. The maximum atomic E-state index is 5.82. The summed E-state index contributed by atoms with van der Waals surface area (Å²) in [4.78, 5) is 3.07. The molecule has 0 fully saturated rings. The third-order valence-corrected chi connectivity index (χ3v) is 2.47. The van der Waals surface area contributed by atoms with Gasteiger partial charge in [0.1, 0.15) is 11.5 Å². The number of benzene rings is 1. The summed E-state index contributed by atoms with van der Waals surface area (Å²) in [5, 5.41) is 8.76. The van der Waals surface area contributed by atoms with E-state index >= 15 is 0 Å². The van der Waals surface area contributed by atoms with Gasteiger partial charge in [0, 0.05) is 10.9 Å². The minimum absolute atomic E-state index is 0.418. The van der Waals surface area contributed by atoms with Crippen LogP contribution in [0.3, 0.4) is 0 Å². The number of aromatic amines is 1. The topological polar surface area (TPSA) is 93.6 Å². The van der Waals surface area contributed by atoms with E-state index in [-0.39, 0.29) is 0 Å². The highest BCUT2D eigenvalue weighted by Crippen LogP contribution is 2.35. The summed E-state index contributed by atoms with van der Waals surface area (Å²) in [7, 11) is 0. The number of rotatable bonds is 0. The number of nitrogen functional groups attached to an aromatic ring is 2. The van der Waals surface area contributed by atoms with E-state index in [0.29, 0.717) is 17.3 Å². The quantitative estimate of drug-likeness (QED) is 0.507. The molecule has 2 aliphatic rings. The lowest BCUT2D eigenvalue weighted by atomic mass is 10.1. The van der Waals surface area contributed by atoms with E-state index in [2.05, 4.69) is 15.2 Å². The summed E-state index contributed by atoms with van der Waals surface area (Å²) in [5.41, 5.74) is 14.0. The van der Waals surface area contributed by atoms with Gasteiger partial charge >= 0.3 is 0 Å². The number of nitrogens with zero attached hydrogens (tertiary/aromatic N) is 2. The molecule has 2 aliphatic heterocycles. The second-order valence-electron chi connectivity index (χ2n) is 3.39. The largest absolute Gasteiger partial charge is 0.383 e. The third kappa shape index (κ3) is 0.969. The summed E-state index contributed by atoms with van der Waals surface area (Å²) >= 11 is 0. The number of hydrogen-bond acceptors (Lipinski definition) is 4. The predicted octanol–water partition coefficient (Wildman–Crippen LogP) is 1.23. The van der Waals surface area contributed by atoms with E-state index in [9.17, 15) is 0 Å². The van der Waals surface area contributed by atoms with Gasteiger partial charge in [0.15, 0.2) is 5.82 Å². The normalized spacial score (nSPS) is 11.2. The maximum Gasteiger partial charge on any atom is 0.156 e. The van der Waals surface area contributed by atoms with Crippen molar-refractivity contribution in [1.82, 2.24) is 15.2 Å². The molecule has 3 rings (SSSR count). The Balaban J connectivity index is 2.60. The Morgan fingerprint density at radius 2 is 1.87 bits per heavy atom. The van der Waals surface area contributed by atoms with Crippen LogP contribution in [-0.4, -0.2) is 15.2 Å². The van der Waals surface area contributed by atoms with E-state index in [0.717, 1.165) is 16.5 Å². The zero-order valence-electron chi connectivity index (χ0n) is 7.86. The lowest BCUT2D eigenvalue weighted by Crippen LogP contribution is -1.97. The fourth-order valence-electron chi connectivity index (χ4n) is 1.79. The Labute approximate surface area is 85.4 Å². The average molecular weight is 199 g/mol. The van der Waals surface area contributed by atoms with Crippen LogP contribution in [0.15, 0.2) is 24.3 Å². The van der Waals surface area contributed by atoms with Gasteiger partial charge in [0.25, 0.3) is 0 Å². The fourth-order valence-corrected chi connectivity index (χ4v) is 1.79. The van der Waals surface area contributed by atoms with Crippen LogP contribution in [-0.2, 0) is 0 Å². The number of nitrogens with two attached hydrogens (primary N) is 2. The van der Waals surface area contributed by atoms with Crippen LogP contribution in [0.25, 0.3) is 22.2 Å². The van der Waals surface area contributed by atoms with E-state index in [1.165, 1.54) is 0 Å². The minimum Gasteiger partial charge on any atom is -0.383 e. The van der Waals surface area contributed by atoms with Gasteiger partial charge in [-0.15, -0.1) is 10.2 Å². The van der Waals surface area contributed by atoms with E-state index in [4.69, 9.17) is 11.5 Å². The first-order chi connectivity index (χ1) is 7.27. The molecule has 0 amide bonds. The first kappa shape index (κ1) is 8.05. The number of anilines is 2. The molecule has 74 valence electrons. The first-order valence-electron chi connectivity index (χ1n) is 4.55. The van der Waals surface area contributed by atoms with Gasteiger partial charge in [-0.2, -0.15) is 0 Å². The molecular weight excluding hydrogens is 190 g/mol. The summed E-state index contributed by atoms with van der Waals surface area (Å²) in [6.07, 6.45) is 0. The molecule has 0 aromatic heterocycles. The van der Waals surface area contributed by atoms with Crippen molar-refractivity contribution in [3.63, 3.8) is 0 Å². The van der Waals surface area contributed by atoms with Gasteiger partial charge in [-0.1, -0.05) is 18.2 Å². The number of pyridine rings is 1. The van der Waals surface area contributed by atoms with E-state index in [1.54, 1.807) is 0 Å². The monoisotopic (exact) mass is 199 g/mol. The summed E-state index contributed by atoms with van der Waals surface area (Å²) < 4.78 is 0. The number of para-hydroxylation sites is 1. The Kier molecular flexibility index (Phi) is 1.39. The van der Waals surface area contributed by atoms with Gasteiger partial charge < -0.3 is 16.5 Å². The van der Waals surface area contributed by atoms with Crippen LogP contribution >= 0.6 is 0 Å². The summed E-state index contributed by atoms with van der Waals surface area (Å²) in [5.74, 6) is 0.912. The highest BCUT2D eigenvalue weighted by molar-refractivity contribution is 6.02. The molecule has 0 atom stereocenters. The Morgan fingerprint density at radius 3 is 2.73 bits per heavy atom. The molecule has 0 aliphatic carbocycles. The zero-order valence-corrected chi connectivity index (χ0v) is 7.86. The predicted molar refractivity (Wildman–Crippen MR) is 59.3 cm³/mol. The van der Waals surface area contributed by atoms with Crippen LogP contribution in [0.4, 0.5) is 11.6 Å². The van der Waals surface area contributed by atoms with Crippen LogP contribution < -0.4 is 11.5 Å². The molecule has 2 heterocycles. The van der Waals surface area contributed by atoms with Crippen molar-refractivity contribution in [3.05, 3.63) is 24.3 Å². The molecule has 0 unspecified atom stereocenters. The Hall–Kier alpha value is -2.30. The standard InChI is InChI=1S/C10H9N5/c11-9-7-5-3-1-2-4-6(5)13-10(12)8(7)14-15-9/h1-4,13H,11-12H2. The molecule has 5 heteroatoms. The second-order valence-corrected chi connectivity index (χ2v) is 3.39. The molecule has 0 saturated carbocycles. The van der Waals surface area contributed by atoms with Gasteiger partial charge in [0.2, 0.25) is 0 Å². The van der Waals surface area contributed by atoms with Crippen molar-refractivity contribution in [1.29, 1.82) is 0 Å². The number of H-pyrrole nitrogens is 1. The van der Waals surface area contributed by atoms with Crippen LogP contribution in [0.1, 0.15) is 0 Å². The molecular formula is C10H9N5. The minimum atomic E-state index is 0.418. The zero-order chi connectivity index (χ0) is 10.4. The Bertz CT molecular complexity index is 613. The number of hydrogen-bond donors (Lipinski definition) is 3. The second kappa shape index (κ2) is 2.60. The van der Waals surface area contributed by atoms with E-state index in [1.807, 2.05) is 24.3 Å². The molecule has 5 N–H and O–H groups in total. The van der Waals surface area contributed by atoms with Crippen LogP contribution in [0, 0.1) is 0 Å². The highest BCUT2D eigenvalue weighted by Gasteiger charge is 2.18. The van der Waals surface area contributed by atoms with Crippen LogP contribution in [0.5, 0.6) is 0 Å². The molecule has 0 bridgehead atoms. The summed E-state index contributed by atoms with van der Waals surface area (Å²) in [6.45, 7) is 0. The number of aromatic nitrogens is 3. The maximum absolute atomic E-state index is 5.82. The van der Waals surface area contributed by atoms with Gasteiger partial charge in [-0.05, 0) is 6.07 Å². The number of nitrogens with one attached hydrogen (secondary N) is 1. The molecule has 1 aromatic rings. The van der Waals surface area contributed by atoms with Gasteiger partial charge in [0.05, 0.1) is 5.56 Å². The Morgan fingerprint density at radius 1 is 1.07 bits per heavy atom. The van der Waals surface area contributed by atoms with Crippen molar-refractivity contribution >= 4 is 22.5 Å². The molecule has 0 saturated heterocycles. The van der Waals surface area contributed by atoms with Crippen molar-refractivity contribution in [2.24, 2.45) is 0 Å². The van der Waals surface area contributed by atoms with Crippen molar-refractivity contribution in [2.45, 2.75) is 0 Å². The van der Waals surface area contributed by atoms with Gasteiger partial charge in [-0.3, -0.25) is 0 Å². The van der Waals surface area contributed by atoms with Crippen molar-refractivity contribution in [3.8, 4) is 11.3 Å². The molecule has 1 aromatic carbocycles. The van der Waals surface area contributed by atoms with Crippen molar-refractivity contribution in [2.75, 3.05) is 11.5 Å². The highest BCUT2D eigenvalue weighted by atomic mass is 15.2. The first-order valence-corrected chi connectivity index (χ1v) is 4.55.